The van der Waals surface area contributed by atoms with Crippen LogP contribution in [0.1, 0.15) is 31.7 Å². The van der Waals surface area contributed by atoms with Crippen LogP contribution in [0.15, 0.2) is 30.3 Å². The first kappa shape index (κ1) is 18.0. The first-order valence-electron chi connectivity index (χ1n) is 7.86. The number of amides is 1. The molecule has 0 aromatic heterocycles. The maximum Gasteiger partial charge on any atom is 0.246 e. The Morgan fingerprint density at radius 3 is 2.83 bits per heavy atom. The zero-order valence-electron chi connectivity index (χ0n) is 13.2. The zero-order chi connectivity index (χ0) is 16.9. The number of hydrogen-bond donors (Lipinski definition) is 0. The minimum absolute atomic E-state index is 0.0768. The number of halogens is 1. The largest absolute Gasteiger partial charge is 0.335 e. The van der Waals surface area contributed by atoms with Gasteiger partial charge in [0.15, 0.2) is 9.84 Å². The molecule has 1 atom stereocenters. The average Bonchev–Trinajstić information content (AvgIpc) is 2.85. The summed E-state index contributed by atoms with van der Waals surface area (Å²) in [5, 5.41) is 0.615. The minimum atomic E-state index is -3.01. The van der Waals surface area contributed by atoms with Crippen molar-refractivity contribution in [1.29, 1.82) is 0 Å². The summed E-state index contributed by atoms with van der Waals surface area (Å²) in [6, 6.07) is 7.04. The molecule has 0 spiro atoms. The van der Waals surface area contributed by atoms with Crippen LogP contribution in [0.5, 0.6) is 0 Å². The fraction of sp³-hybridized carbons (Fsp3) is 0.471. The van der Waals surface area contributed by atoms with Gasteiger partial charge < -0.3 is 4.90 Å². The lowest BCUT2D eigenvalue weighted by atomic mass is 10.1. The first-order chi connectivity index (χ1) is 10.9. The van der Waals surface area contributed by atoms with E-state index in [-0.39, 0.29) is 23.5 Å². The molecule has 0 radical (unpaired) electrons. The highest BCUT2D eigenvalue weighted by atomic mass is 35.5. The molecule has 2 rings (SSSR count). The van der Waals surface area contributed by atoms with Crippen molar-refractivity contribution in [2.75, 3.05) is 18.1 Å². The van der Waals surface area contributed by atoms with Crippen LogP contribution in [0.3, 0.4) is 0 Å². The van der Waals surface area contributed by atoms with Crippen molar-refractivity contribution in [1.82, 2.24) is 4.90 Å². The van der Waals surface area contributed by atoms with E-state index >= 15 is 0 Å². The Kier molecular flexibility index (Phi) is 6.25. The molecule has 1 amide bonds. The van der Waals surface area contributed by atoms with Crippen LogP contribution >= 0.6 is 11.6 Å². The first-order valence-corrected chi connectivity index (χ1v) is 10.1. The lowest BCUT2D eigenvalue weighted by molar-refractivity contribution is -0.127. The minimum Gasteiger partial charge on any atom is -0.335 e. The van der Waals surface area contributed by atoms with Crippen molar-refractivity contribution in [3.8, 4) is 0 Å². The number of hydrogen-bond acceptors (Lipinski definition) is 3. The van der Waals surface area contributed by atoms with E-state index in [0.29, 0.717) is 18.0 Å². The number of sulfone groups is 1. The highest BCUT2D eigenvalue weighted by Crippen LogP contribution is 2.19. The second-order valence-corrected chi connectivity index (χ2v) is 8.50. The van der Waals surface area contributed by atoms with E-state index in [1.807, 2.05) is 12.1 Å². The number of nitrogens with zero attached hydrogens (tertiary/aromatic N) is 1. The molecule has 1 aliphatic heterocycles. The molecule has 1 aromatic rings. The molecular formula is C17H22ClNO3S. The SMILES string of the molecule is CCCCN(C(=O)C=Cc1cccc(Cl)c1)C1CCS(=O)(=O)C1. The van der Waals surface area contributed by atoms with Gasteiger partial charge in [-0.25, -0.2) is 8.42 Å². The van der Waals surface area contributed by atoms with Crippen LogP contribution in [0.2, 0.25) is 5.02 Å². The van der Waals surface area contributed by atoms with E-state index in [1.54, 1.807) is 23.1 Å². The molecule has 1 saturated heterocycles. The molecule has 23 heavy (non-hydrogen) atoms. The van der Waals surface area contributed by atoms with Gasteiger partial charge in [0, 0.05) is 23.7 Å². The Bertz CT molecular complexity index is 685. The molecule has 1 aromatic carbocycles. The maximum atomic E-state index is 12.5. The summed E-state index contributed by atoms with van der Waals surface area (Å²) < 4.78 is 23.4. The number of rotatable bonds is 6. The van der Waals surface area contributed by atoms with Crippen LogP contribution in [-0.2, 0) is 14.6 Å². The molecule has 0 N–H and O–H groups in total. The van der Waals surface area contributed by atoms with Gasteiger partial charge in [0.1, 0.15) is 0 Å². The number of unbranched alkanes of at least 4 members (excludes halogenated alkanes) is 1. The van der Waals surface area contributed by atoms with Gasteiger partial charge in [-0.2, -0.15) is 0 Å². The summed E-state index contributed by atoms with van der Waals surface area (Å²) in [6.07, 6.45) is 5.58. The highest BCUT2D eigenvalue weighted by Gasteiger charge is 2.33. The van der Waals surface area contributed by atoms with Gasteiger partial charge in [-0.3, -0.25) is 4.79 Å². The molecule has 1 unspecified atom stereocenters. The Labute approximate surface area is 143 Å². The maximum absolute atomic E-state index is 12.5. The third-order valence-corrected chi connectivity index (χ3v) is 5.94. The summed E-state index contributed by atoms with van der Waals surface area (Å²) in [5.41, 5.74) is 0.848. The molecule has 6 heteroatoms. The molecule has 1 heterocycles. The number of carbonyl (C=O) groups excluding carboxylic acids is 1. The van der Waals surface area contributed by atoms with Gasteiger partial charge in [0.05, 0.1) is 11.5 Å². The topological polar surface area (TPSA) is 54.5 Å². The molecule has 1 aliphatic rings. The van der Waals surface area contributed by atoms with Crippen molar-refractivity contribution in [2.45, 2.75) is 32.2 Å². The smallest absolute Gasteiger partial charge is 0.246 e. The molecule has 0 saturated carbocycles. The van der Waals surface area contributed by atoms with Gasteiger partial charge in [-0.15, -0.1) is 0 Å². The Balaban J connectivity index is 2.10. The van der Waals surface area contributed by atoms with Crippen LogP contribution in [-0.4, -0.2) is 43.3 Å². The monoisotopic (exact) mass is 355 g/mol. The quantitative estimate of drug-likeness (QED) is 0.736. The predicted octanol–water partition coefficient (Wildman–Crippen LogP) is 3.17. The van der Waals surface area contributed by atoms with Crippen LogP contribution in [0, 0.1) is 0 Å². The third kappa shape index (κ3) is 5.36. The van der Waals surface area contributed by atoms with Crippen LogP contribution in [0.25, 0.3) is 6.08 Å². The normalized spacial score (nSPS) is 20.0. The van der Waals surface area contributed by atoms with Crippen molar-refractivity contribution in [2.24, 2.45) is 0 Å². The molecule has 0 bridgehead atoms. The van der Waals surface area contributed by atoms with E-state index in [9.17, 15) is 13.2 Å². The summed E-state index contributed by atoms with van der Waals surface area (Å²) in [6.45, 7) is 2.64. The number of benzene rings is 1. The van der Waals surface area contributed by atoms with Gasteiger partial charge in [0.2, 0.25) is 5.91 Å². The second-order valence-electron chi connectivity index (χ2n) is 5.83. The lowest BCUT2D eigenvalue weighted by Crippen LogP contribution is -2.40. The Morgan fingerprint density at radius 1 is 1.43 bits per heavy atom. The molecular weight excluding hydrogens is 334 g/mol. The van der Waals surface area contributed by atoms with Gasteiger partial charge in [0.25, 0.3) is 0 Å². The average molecular weight is 356 g/mol. The zero-order valence-corrected chi connectivity index (χ0v) is 14.8. The molecule has 0 aliphatic carbocycles. The molecule has 4 nitrogen and oxygen atoms in total. The lowest BCUT2D eigenvalue weighted by Gasteiger charge is -2.27. The summed E-state index contributed by atoms with van der Waals surface area (Å²) in [7, 11) is -3.01. The van der Waals surface area contributed by atoms with Gasteiger partial charge in [-0.1, -0.05) is 37.1 Å². The van der Waals surface area contributed by atoms with Gasteiger partial charge >= 0.3 is 0 Å². The van der Waals surface area contributed by atoms with Crippen molar-refractivity contribution < 1.29 is 13.2 Å². The fourth-order valence-corrected chi connectivity index (χ4v) is 4.63. The van der Waals surface area contributed by atoms with Crippen molar-refractivity contribution in [3.05, 3.63) is 40.9 Å². The third-order valence-electron chi connectivity index (χ3n) is 3.95. The Hall–Kier alpha value is -1.33. The van der Waals surface area contributed by atoms with Crippen LogP contribution in [0.4, 0.5) is 0 Å². The van der Waals surface area contributed by atoms with Crippen molar-refractivity contribution in [3.63, 3.8) is 0 Å². The predicted molar refractivity (Wildman–Crippen MR) is 94.2 cm³/mol. The summed E-state index contributed by atoms with van der Waals surface area (Å²) >= 11 is 5.93. The molecule has 126 valence electrons. The van der Waals surface area contributed by atoms with Gasteiger partial charge in [-0.05, 0) is 36.6 Å². The van der Waals surface area contributed by atoms with E-state index in [1.165, 1.54) is 6.08 Å². The second kappa shape index (κ2) is 7.97. The summed E-state index contributed by atoms with van der Waals surface area (Å²) in [5.74, 6) is 0.111. The molecule has 1 fully saturated rings. The van der Waals surface area contributed by atoms with E-state index in [0.717, 1.165) is 18.4 Å². The van der Waals surface area contributed by atoms with Crippen molar-refractivity contribution >= 4 is 33.4 Å². The Morgan fingerprint density at radius 2 is 2.22 bits per heavy atom. The standard InChI is InChI=1S/C17H22ClNO3S/c1-2-3-10-19(16-9-11-23(21,22)13-16)17(20)8-7-14-5-4-6-15(18)12-14/h4-8,12,16H,2-3,9-11,13H2,1H3. The van der Waals surface area contributed by atoms with E-state index < -0.39 is 9.84 Å². The van der Waals surface area contributed by atoms with E-state index in [4.69, 9.17) is 11.6 Å². The summed E-state index contributed by atoms with van der Waals surface area (Å²) in [4.78, 5) is 14.2. The fourth-order valence-electron chi connectivity index (χ4n) is 2.70. The number of carbonyl (C=O) groups is 1. The van der Waals surface area contributed by atoms with Crippen LogP contribution < -0.4 is 0 Å². The van der Waals surface area contributed by atoms with E-state index in [2.05, 4.69) is 6.92 Å². The highest BCUT2D eigenvalue weighted by molar-refractivity contribution is 7.91.